The van der Waals surface area contributed by atoms with Gasteiger partial charge in [0, 0.05) is 63.7 Å². The van der Waals surface area contributed by atoms with Crippen molar-refractivity contribution in [2.24, 2.45) is 5.92 Å². The highest BCUT2D eigenvalue weighted by Crippen LogP contribution is 2.20. The molecule has 0 aliphatic carbocycles. The first-order valence-corrected chi connectivity index (χ1v) is 10.4. The highest BCUT2D eigenvalue weighted by atomic mass is 16.2. The normalized spacial score (nSPS) is 16.9. The number of aryl methyl sites for hydroxylation is 3. The Labute approximate surface area is 172 Å². The zero-order valence-electron chi connectivity index (χ0n) is 17.7. The fourth-order valence-corrected chi connectivity index (χ4v) is 3.91. The van der Waals surface area contributed by atoms with Crippen LogP contribution < -0.4 is 0 Å². The lowest BCUT2D eigenvalue weighted by Crippen LogP contribution is -2.47. The van der Waals surface area contributed by atoms with Gasteiger partial charge in [-0.1, -0.05) is 6.07 Å². The molecule has 2 aromatic heterocycles. The molecular formula is C22H31N5O2. The van der Waals surface area contributed by atoms with Gasteiger partial charge in [-0.05, 0) is 44.9 Å². The van der Waals surface area contributed by atoms with E-state index in [4.69, 9.17) is 0 Å². The van der Waals surface area contributed by atoms with Crippen LogP contribution in [-0.4, -0.2) is 63.1 Å². The molecule has 1 atom stereocenters. The van der Waals surface area contributed by atoms with E-state index in [-0.39, 0.29) is 17.7 Å². The first-order chi connectivity index (χ1) is 13.9. The minimum Gasteiger partial charge on any atom is -0.345 e. The molecule has 7 nitrogen and oxygen atoms in total. The molecule has 0 aromatic carbocycles. The van der Waals surface area contributed by atoms with Crippen molar-refractivity contribution in [2.75, 3.05) is 26.7 Å². The number of likely N-dealkylation sites (tertiary alicyclic amines) is 1. The lowest BCUT2D eigenvalue weighted by molar-refractivity contribution is -0.142. The van der Waals surface area contributed by atoms with Gasteiger partial charge >= 0.3 is 0 Å². The summed E-state index contributed by atoms with van der Waals surface area (Å²) in [5, 5.41) is 4.47. The predicted molar refractivity (Wildman–Crippen MR) is 111 cm³/mol. The molecule has 0 spiro atoms. The van der Waals surface area contributed by atoms with Crippen LogP contribution in [0.3, 0.4) is 0 Å². The van der Waals surface area contributed by atoms with Crippen molar-refractivity contribution in [2.45, 2.75) is 46.1 Å². The number of hydrogen-bond acceptors (Lipinski definition) is 4. The van der Waals surface area contributed by atoms with Crippen molar-refractivity contribution >= 4 is 11.8 Å². The van der Waals surface area contributed by atoms with Crippen LogP contribution in [0.5, 0.6) is 0 Å². The van der Waals surface area contributed by atoms with Crippen molar-refractivity contribution in [3.63, 3.8) is 0 Å². The number of rotatable bonds is 8. The molecule has 0 saturated carbocycles. The van der Waals surface area contributed by atoms with Crippen LogP contribution >= 0.6 is 0 Å². The van der Waals surface area contributed by atoms with E-state index in [1.807, 2.05) is 53.6 Å². The summed E-state index contributed by atoms with van der Waals surface area (Å²) in [6.07, 6.45) is 4.42. The van der Waals surface area contributed by atoms with Gasteiger partial charge in [0.25, 0.3) is 0 Å². The predicted octanol–water partition coefficient (Wildman–Crippen LogP) is 2.22. The minimum atomic E-state index is -0.116. The Morgan fingerprint density at radius 1 is 1.28 bits per heavy atom. The zero-order chi connectivity index (χ0) is 20.8. The SMILES string of the molecule is Cc1cc(C)n(CCCN(C)C(=O)C2CCC(=O)N(CCc3ccccn3)C2)n1. The van der Waals surface area contributed by atoms with E-state index in [1.165, 1.54) is 0 Å². The maximum Gasteiger partial charge on any atom is 0.227 e. The molecule has 0 bridgehead atoms. The molecule has 29 heavy (non-hydrogen) atoms. The molecule has 7 heteroatoms. The number of aromatic nitrogens is 3. The second kappa shape index (κ2) is 9.67. The van der Waals surface area contributed by atoms with Gasteiger partial charge in [-0.2, -0.15) is 5.10 Å². The molecule has 1 fully saturated rings. The molecule has 3 rings (SSSR count). The summed E-state index contributed by atoms with van der Waals surface area (Å²) in [4.78, 5) is 33.1. The Morgan fingerprint density at radius 2 is 2.10 bits per heavy atom. The van der Waals surface area contributed by atoms with Crippen LogP contribution in [0.25, 0.3) is 0 Å². The van der Waals surface area contributed by atoms with Crippen molar-refractivity contribution in [1.29, 1.82) is 0 Å². The van der Waals surface area contributed by atoms with Gasteiger partial charge in [-0.25, -0.2) is 0 Å². The third-order valence-electron chi connectivity index (χ3n) is 5.56. The van der Waals surface area contributed by atoms with Gasteiger partial charge in [0.1, 0.15) is 0 Å². The Hall–Kier alpha value is -2.70. The zero-order valence-corrected chi connectivity index (χ0v) is 17.7. The fourth-order valence-electron chi connectivity index (χ4n) is 3.91. The maximum absolute atomic E-state index is 12.9. The fraction of sp³-hybridized carbons (Fsp3) is 0.545. The summed E-state index contributed by atoms with van der Waals surface area (Å²) in [6.45, 7) is 6.65. The van der Waals surface area contributed by atoms with E-state index in [2.05, 4.69) is 16.1 Å². The summed E-state index contributed by atoms with van der Waals surface area (Å²) in [5.41, 5.74) is 3.13. The number of hydrogen-bond donors (Lipinski definition) is 0. The van der Waals surface area contributed by atoms with Crippen molar-refractivity contribution in [3.05, 3.63) is 47.5 Å². The largest absolute Gasteiger partial charge is 0.345 e. The highest BCUT2D eigenvalue weighted by molar-refractivity contribution is 5.83. The summed E-state index contributed by atoms with van der Waals surface area (Å²) in [7, 11) is 1.86. The van der Waals surface area contributed by atoms with Gasteiger partial charge in [0.15, 0.2) is 0 Å². The second-order valence-electron chi connectivity index (χ2n) is 7.91. The van der Waals surface area contributed by atoms with Crippen LogP contribution in [0, 0.1) is 19.8 Å². The molecule has 2 aromatic rings. The molecular weight excluding hydrogens is 366 g/mol. The average Bonchev–Trinajstić information content (AvgIpc) is 3.04. The smallest absolute Gasteiger partial charge is 0.227 e. The number of carbonyl (C=O) groups excluding carboxylic acids is 2. The van der Waals surface area contributed by atoms with E-state index in [0.29, 0.717) is 38.9 Å². The van der Waals surface area contributed by atoms with Gasteiger partial charge in [0.05, 0.1) is 11.6 Å². The number of pyridine rings is 1. The molecule has 1 aliphatic heterocycles. The molecule has 1 saturated heterocycles. The molecule has 156 valence electrons. The van der Waals surface area contributed by atoms with Crippen molar-refractivity contribution < 1.29 is 9.59 Å². The standard InChI is InChI=1S/C22H31N5O2/c1-17-15-18(2)27(24-17)13-6-12-25(3)22(29)19-8-9-21(28)26(16-19)14-10-20-7-4-5-11-23-20/h4-5,7,11,15,19H,6,8-10,12-14,16H2,1-3H3. The maximum atomic E-state index is 12.9. The second-order valence-corrected chi connectivity index (χ2v) is 7.91. The molecule has 0 radical (unpaired) electrons. The Morgan fingerprint density at radius 3 is 2.79 bits per heavy atom. The third-order valence-corrected chi connectivity index (χ3v) is 5.56. The third kappa shape index (κ3) is 5.65. The molecule has 2 amide bonds. The summed E-state index contributed by atoms with van der Waals surface area (Å²) < 4.78 is 1.99. The molecule has 1 aliphatic rings. The summed E-state index contributed by atoms with van der Waals surface area (Å²) in [5.74, 6) is 0.154. The monoisotopic (exact) mass is 397 g/mol. The number of piperidine rings is 1. The van der Waals surface area contributed by atoms with Crippen LogP contribution in [0.4, 0.5) is 0 Å². The van der Waals surface area contributed by atoms with Crippen LogP contribution in [0.1, 0.15) is 36.3 Å². The van der Waals surface area contributed by atoms with Gasteiger partial charge < -0.3 is 9.80 Å². The molecule has 0 N–H and O–H groups in total. The van der Waals surface area contributed by atoms with E-state index >= 15 is 0 Å². The van der Waals surface area contributed by atoms with E-state index in [0.717, 1.165) is 30.0 Å². The van der Waals surface area contributed by atoms with Gasteiger partial charge in [-0.3, -0.25) is 19.3 Å². The van der Waals surface area contributed by atoms with Crippen molar-refractivity contribution in [1.82, 2.24) is 24.6 Å². The first kappa shape index (κ1) is 21.0. The summed E-state index contributed by atoms with van der Waals surface area (Å²) in [6, 6.07) is 7.86. The van der Waals surface area contributed by atoms with E-state index in [1.54, 1.807) is 6.20 Å². The van der Waals surface area contributed by atoms with E-state index < -0.39 is 0 Å². The molecule has 3 heterocycles. The van der Waals surface area contributed by atoms with Gasteiger partial charge in [0.2, 0.25) is 11.8 Å². The number of nitrogens with zero attached hydrogens (tertiary/aromatic N) is 5. The van der Waals surface area contributed by atoms with Gasteiger partial charge in [-0.15, -0.1) is 0 Å². The summed E-state index contributed by atoms with van der Waals surface area (Å²) >= 11 is 0. The Kier molecular flexibility index (Phi) is 7.01. The van der Waals surface area contributed by atoms with Crippen LogP contribution in [-0.2, 0) is 22.6 Å². The minimum absolute atomic E-state index is 0.116. The highest BCUT2D eigenvalue weighted by Gasteiger charge is 2.31. The number of amides is 2. The van der Waals surface area contributed by atoms with Crippen LogP contribution in [0.2, 0.25) is 0 Å². The lowest BCUT2D eigenvalue weighted by atomic mass is 9.95. The Balaban J connectivity index is 1.47. The van der Waals surface area contributed by atoms with Crippen LogP contribution in [0.15, 0.2) is 30.5 Å². The topological polar surface area (TPSA) is 71.3 Å². The first-order valence-electron chi connectivity index (χ1n) is 10.4. The lowest BCUT2D eigenvalue weighted by Gasteiger charge is -2.34. The Bertz CT molecular complexity index is 833. The number of carbonyl (C=O) groups is 2. The molecule has 1 unspecified atom stereocenters. The average molecular weight is 398 g/mol. The quantitative estimate of drug-likeness (QED) is 0.685. The van der Waals surface area contributed by atoms with E-state index in [9.17, 15) is 9.59 Å². The van der Waals surface area contributed by atoms with Crippen molar-refractivity contribution in [3.8, 4) is 0 Å².